The molecule has 0 bridgehead atoms. The molecule has 0 aromatic rings. The molecule has 0 radical (unpaired) electrons. The Labute approximate surface area is 171 Å². The Morgan fingerprint density at radius 1 is 1.28 bits per heavy atom. The smallest absolute Gasteiger partial charge is 0.213 e. The zero-order valence-corrected chi connectivity index (χ0v) is 19.5. The van der Waals surface area contributed by atoms with Gasteiger partial charge in [0.2, 0.25) is 10.0 Å². The number of guanidine groups is 1. The molecule has 6 nitrogen and oxygen atoms in total. The minimum atomic E-state index is -3.21. The van der Waals surface area contributed by atoms with Crippen LogP contribution in [0.3, 0.4) is 0 Å². The van der Waals surface area contributed by atoms with Gasteiger partial charge in [-0.1, -0.05) is 27.2 Å². The summed E-state index contributed by atoms with van der Waals surface area (Å²) in [5.41, 5.74) is 0.313. The van der Waals surface area contributed by atoms with Crippen molar-refractivity contribution >= 4 is 40.0 Å². The summed E-state index contributed by atoms with van der Waals surface area (Å²) in [7, 11) is -1.51. The van der Waals surface area contributed by atoms with Gasteiger partial charge >= 0.3 is 0 Å². The zero-order chi connectivity index (χ0) is 18.2. The second kappa shape index (κ2) is 11.6. The quantitative estimate of drug-likeness (QED) is 0.265. The summed E-state index contributed by atoms with van der Waals surface area (Å²) in [6, 6.07) is 0.295. The molecule has 25 heavy (non-hydrogen) atoms. The van der Waals surface area contributed by atoms with Crippen LogP contribution in [0.15, 0.2) is 4.99 Å². The highest BCUT2D eigenvalue weighted by molar-refractivity contribution is 14.0. The van der Waals surface area contributed by atoms with Crippen molar-refractivity contribution in [2.75, 3.05) is 25.9 Å². The summed E-state index contributed by atoms with van der Waals surface area (Å²) in [6.45, 7) is 9.75. The largest absolute Gasteiger partial charge is 0.355 e. The predicted octanol–water partition coefficient (Wildman–Crippen LogP) is 2.70. The Bertz CT molecular complexity index is 499. The van der Waals surface area contributed by atoms with E-state index in [1.165, 1.54) is 6.42 Å². The highest BCUT2D eigenvalue weighted by Crippen LogP contribution is 2.25. The van der Waals surface area contributed by atoms with Crippen molar-refractivity contribution in [2.24, 2.45) is 16.3 Å². The van der Waals surface area contributed by atoms with E-state index in [1.807, 2.05) is 0 Å². The molecular weight excluding hydrogens is 451 g/mol. The van der Waals surface area contributed by atoms with Gasteiger partial charge < -0.3 is 10.6 Å². The van der Waals surface area contributed by atoms with E-state index in [-0.39, 0.29) is 29.7 Å². The van der Waals surface area contributed by atoms with Crippen LogP contribution in [0.5, 0.6) is 0 Å². The van der Waals surface area contributed by atoms with E-state index < -0.39 is 10.0 Å². The van der Waals surface area contributed by atoms with Gasteiger partial charge in [0, 0.05) is 26.2 Å². The molecule has 1 saturated carbocycles. The van der Waals surface area contributed by atoms with Crippen molar-refractivity contribution in [3.8, 4) is 0 Å². The van der Waals surface area contributed by atoms with Crippen LogP contribution in [0.1, 0.15) is 59.8 Å². The molecule has 1 rings (SSSR count). The maximum Gasteiger partial charge on any atom is 0.213 e. The van der Waals surface area contributed by atoms with Crippen LogP contribution in [0.25, 0.3) is 0 Å². The number of sulfonamides is 1. The summed E-state index contributed by atoms with van der Waals surface area (Å²) in [5.74, 6) is 1.26. The first-order valence-corrected chi connectivity index (χ1v) is 10.7. The third kappa shape index (κ3) is 12.0. The van der Waals surface area contributed by atoms with E-state index in [0.29, 0.717) is 36.4 Å². The fourth-order valence-electron chi connectivity index (χ4n) is 2.47. The summed E-state index contributed by atoms with van der Waals surface area (Å²) in [5, 5.41) is 6.41. The summed E-state index contributed by atoms with van der Waals surface area (Å²) >= 11 is 0. The predicted molar refractivity (Wildman–Crippen MR) is 117 cm³/mol. The van der Waals surface area contributed by atoms with Gasteiger partial charge in [-0.3, -0.25) is 4.99 Å². The van der Waals surface area contributed by atoms with E-state index in [1.54, 1.807) is 7.05 Å². The molecule has 1 aliphatic rings. The topological polar surface area (TPSA) is 82.6 Å². The first-order chi connectivity index (χ1) is 11.1. The molecule has 1 fully saturated rings. The van der Waals surface area contributed by atoms with Crippen molar-refractivity contribution in [3.63, 3.8) is 0 Å². The molecule has 0 aromatic carbocycles. The molecule has 3 N–H and O–H groups in total. The van der Waals surface area contributed by atoms with Crippen LogP contribution < -0.4 is 15.4 Å². The SMILES string of the molecule is CN=C(NCCS(=O)(=O)NCC1CCC1)NC(C)CCC(C)(C)C.I. The molecule has 1 aliphatic carbocycles. The molecule has 1 atom stereocenters. The summed E-state index contributed by atoms with van der Waals surface area (Å²) < 4.78 is 26.6. The lowest BCUT2D eigenvalue weighted by atomic mass is 9.86. The van der Waals surface area contributed by atoms with Crippen LogP contribution in [0.4, 0.5) is 0 Å². The van der Waals surface area contributed by atoms with E-state index >= 15 is 0 Å². The van der Waals surface area contributed by atoms with Crippen molar-refractivity contribution in [1.29, 1.82) is 0 Å². The Balaban J connectivity index is 0.00000576. The molecule has 0 saturated heterocycles. The second-order valence-corrected chi connectivity index (χ2v) is 10.0. The lowest BCUT2D eigenvalue weighted by Gasteiger charge is -2.25. The van der Waals surface area contributed by atoms with Crippen LogP contribution in [-0.2, 0) is 10.0 Å². The molecule has 0 amide bonds. The molecule has 0 aliphatic heterocycles. The van der Waals surface area contributed by atoms with E-state index in [0.717, 1.165) is 25.7 Å². The Morgan fingerprint density at radius 2 is 1.92 bits per heavy atom. The summed E-state index contributed by atoms with van der Waals surface area (Å²) in [4.78, 5) is 4.17. The molecular formula is C17H37IN4O2S. The highest BCUT2D eigenvalue weighted by atomic mass is 127. The number of nitrogens with one attached hydrogen (secondary N) is 3. The minimum Gasteiger partial charge on any atom is -0.355 e. The molecule has 150 valence electrons. The number of halogens is 1. The number of hydrogen-bond donors (Lipinski definition) is 3. The van der Waals surface area contributed by atoms with Crippen molar-refractivity contribution in [3.05, 3.63) is 0 Å². The fourth-order valence-corrected chi connectivity index (χ4v) is 3.47. The molecule has 0 heterocycles. The number of hydrogen-bond acceptors (Lipinski definition) is 3. The lowest BCUT2D eigenvalue weighted by molar-refractivity contribution is 0.316. The van der Waals surface area contributed by atoms with Gasteiger partial charge in [0.05, 0.1) is 5.75 Å². The Morgan fingerprint density at radius 3 is 2.40 bits per heavy atom. The van der Waals surface area contributed by atoms with Crippen LogP contribution >= 0.6 is 24.0 Å². The van der Waals surface area contributed by atoms with Crippen LogP contribution in [0, 0.1) is 11.3 Å². The third-order valence-electron chi connectivity index (χ3n) is 4.41. The Kier molecular flexibility index (Phi) is 11.5. The summed E-state index contributed by atoms with van der Waals surface area (Å²) in [6.07, 6.45) is 5.68. The molecule has 0 spiro atoms. The molecule has 8 heteroatoms. The highest BCUT2D eigenvalue weighted by Gasteiger charge is 2.20. The first-order valence-electron chi connectivity index (χ1n) is 9.06. The number of rotatable bonds is 9. The van der Waals surface area contributed by atoms with E-state index in [4.69, 9.17) is 0 Å². The van der Waals surface area contributed by atoms with Crippen LogP contribution in [0.2, 0.25) is 0 Å². The van der Waals surface area contributed by atoms with Crippen molar-refractivity contribution in [2.45, 2.75) is 65.8 Å². The van der Waals surface area contributed by atoms with Crippen LogP contribution in [-0.4, -0.2) is 46.3 Å². The van der Waals surface area contributed by atoms with Gasteiger partial charge in [0.1, 0.15) is 0 Å². The maximum atomic E-state index is 12.0. The van der Waals surface area contributed by atoms with Crippen molar-refractivity contribution < 1.29 is 8.42 Å². The number of nitrogens with zero attached hydrogens (tertiary/aromatic N) is 1. The molecule has 0 aromatic heterocycles. The van der Waals surface area contributed by atoms with Gasteiger partial charge in [0.15, 0.2) is 5.96 Å². The third-order valence-corrected chi connectivity index (χ3v) is 5.76. The van der Waals surface area contributed by atoms with Gasteiger partial charge in [-0.2, -0.15) is 0 Å². The normalized spacial score (nSPS) is 17.4. The van der Waals surface area contributed by atoms with E-state index in [9.17, 15) is 8.42 Å². The van der Waals surface area contributed by atoms with Gasteiger partial charge in [-0.15, -0.1) is 24.0 Å². The van der Waals surface area contributed by atoms with E-state index in [2.05, 4.69) is 48.0 Å². The fraction of sp³-hybridized carbons (Fsp3) is 0.941. The average Bonchev–Trinajstić information content (AvgIpc) is 2.41. The first kappa shape index (κ1) is 24.9. The number of aliphatic imine (C=N–C) groups is 1. The average molecular weight is 488 g/mol. The lowest BCUT2D eigenvalue weighted by Crippen LogP contribution is -2.45. The zero-order valence-electron chi connectivity index (χ0n) is 16.4. The second-order valence-electron chi connectivity index (χ2n) is 8.11. The van der Waals surface area contributed by atoms with Gasteiger partial charge in [0.25, 0.3) is 0 Å². The minimum absolute atomic E-state index is 0. The van der Waals surface area contributed by atoms with Gasteiger partial charge in [-0.25, -0.2) is 13.1 Å². The Hall–Kier alpha value is -0.0900. The monoisotopic (exact) mass is 488 g/mol. The van der Waals surface area contributed by atoms with Crippen molar-refractivity contribution in [1.82, 2.24) is 15.4 Å². The standard InChI is InChI=1S/C17H36N4O2S.HI/c1-14(9-10-17(2,3)4)21-16(18-5)19-11-12-24(22,23)20-13-15-7-6-8-15;/h14-15,20H,6-13H2,1-5H3,(H2,18,19,21);1H. The maximum absolute atomic E-state index is 12.0. The van der Waals surface area contributed by atoms with Gasteiger partial charge in [-0.05, 0) is 43.9 Å². The molecule has 1 unspecified atom stereocenters.